The number of amides is 2. The summed E-state index contributed by atoms with van der Waals surface area (Å²) in [5.41, 5.74) is 0.344. The minimum absolute atomic E-state index is 0.201. The highest BCUT2D eigenvalue weighted by atomic mass is 35.5. The number of hydrogen-bond acceptors (Lipinski definition) is 5. The molecule has 3 rings (SSSR count). The van der Waals surface area contributed by atoms with Crippen LogP contribution in [0.4, 0.5) is 5.69 Å². The molecule has 1 fully saturated rings. The van der Waals surface area contributed by atoms with E-state index in [0.29, 0.717) is 36.6 Å². The van der Waals surface area contributed by atoms with Gasteiger partial charge in [-0.3, -0.25) is 14.4 Å². The van der Waals surface area contributed by atoms with E-state index in [1.807, 2.05) is 0 Å². The fourth-order valence-corrected chi connectivity index (χ4v) is 3.38. The molecule has 1 aliphatic rings. The zero-order chi connectivity index (χ0) is 21.0. The predicted molar refractivity (Wildman–Crippen MR) is 108 cm³/mol. The van der Waals surface area contributed by atoms with Crippen molar-refractivity contribution < 1.29 is 23.5 Å². The van der Waals surface area contributed by atoms with E-state index in [1.165, 1.54) is 13.2 Å². The molecule has 1 saturated heterocycles. The van der Waals surface area contributed by atoms with Crippen LogP contribution in [0.1, 0.15) is 30.3 Å². The third-order valence-corrected chi connectivity index (χ3v) is 5.54. The smallest absolute Gasteiger partial charge is 0.309 e. The normalized spacial score (nSPS) is 15.6. The number of likely N-dealkylation sites (tertiary alicyclic amines) is 1. The number of piperidine rings is 1. The highest BCUT2D eigenvalue weighted by Gasteiger charge is 2.31. The molecule has 1 aliphatic heterocycles. The molecule has 9 heteroatoms. The summed E-state index contributed by atoms with van der Waals surface area (Å²) in [5.74, 6) is -1.27. The quantitative estimate of drug-likeness (QED) is 0.712. The summed E-state index contributed by atoms with van der Waals surface area (Å²) in [7, 11) is 0. The van der Waals surface area contributed by atoms with Crippen LogP contribution in [0.25, 0.3) is 0 Å². The van der Waals surface area contributed by atoms with Gasteiger partial charge in [-0.2, -0.15) is 0 Å². The number of hydrogen-bond donors (Lipinski definition) is 1. The van der Waals surface area contributed by atoms with Gasteiger partial charge >= 0.3 is 5.97 Å². The van der Waals surface area contributed by atoms with Gasteiger partial charge in [0.25, 0.3) is 11.8 Å². The van der Waals surface area contributed by atoms with E-state index in [2.05, 4.69) is 5.32 Å². The molecule has 1 aromatic heterocycles. The van der Waals surface area contributed by atoms with Gasteiger partial charge in [0, 0.05) is 13.1 Å². The van der Waals surface area contributed by atoms with Gasteiger partial charge in [-0.15, -0.1) is 0 Å². The van der Waals surface area contributed by atoms with Gasteiger partial charge in [0.2, 0.25) is 0 Å². The summed E-state index contributed by atoms with van der Waals surface area (Å²) in [6.07, 6.45) is 1.36. The number of benzene rings is 1. The van der Waals surface area contributed by atoms with E-state index in [9.17, 15) is 14.4 Å². The Morgan fingerprint density at radius 3 is 2.55 bits per heavy atom. The van der Waals surface area contributed by atoms with E-state index in [1.54, 1.807) is 35.2 Å². The lowest BCUT2D eigenvalue weighted by Crippen LogP contribution is -2.41. The standard InChI is InChI=1S/C20H20Cl2N2O5/c1-12(18(25)23-15-5-2-4-14(21)17(15)22)29-20(27)13-7-9-24(10-8-13)19(26)16-6-3-11-28-16/h2-6,11-13H,7-10H2,1H3,(H,23,25). The Morgan fingerprint density at radius 2 is 1.90 bits per heavy atom. The summed E-state index contributed by atoms with van der Waals surface area (Å²) in [6, 6.07) is 8.12. The third-order valence-electron chi connectivity index (χ3n) is 4.72. The molecule has 2 aromatic rings. The zero-order valence-corrected chi connectivity index (χ0v) is 17.2. The molecule has 2 amide bonds. The molecule has 2 heterocycles. The Kier molecular flexibility index (Phi) is 6.82. The third kappa shape index (κ3) is 5.10. The van der Waals surface area contributed by atoms with Crippen molar-refractivity contribution in [1.82, 2.24) is 4.90 Å². The first kappa shape index (κ1) is 21.2. The van der Waals surface area contributed by atoms with Crippen LogP contribution < -0.4 is 5.32 Å². The van der Waals surface area contributed by atoms with Crippen molar-refractivity contribution in [2.45, 2.75) is 25.9 Å². The van der Waals surface area contributed by atoms with Crippen molar-refractivity contribution in [3.8, 4) is 0 Å². The zero-order valence-electron chi connectivity index (χ0n) is 15.7. The molecule has 0 aliphatic carbocycles. The molecule has 7 nitrogen and oxygen atoms in total. The SMILES string of the molecule is CC(OC(=O)C1CCN(C(=O)c2ccco2)CC1)C(=O)Nc1cccc(Cl)c1Cl. The summed E-state index contributed by atoms with van der Waals surface area (Å²) in [5, 5.41) is 3.13. The van der Waals surface area contributed by atoms with Crippen LogP contribution >= 0.6 is 23.2 Å². The molecule has 29 heavy (non-hydrogen) atoms. The maximum atomic E-state index is 12.4. The fourth-order valence-electron chi connectivity index (χ4n) is 3.03. The second-order valence-corrected chi connectivity index (χ2v) is 7.50. The van der Waals surface area contributed by atoms with E-state index in [4.69, 9.17) is 32.4 Å². The van der Waals surface area contributed by atoms with Crippen molar-refractivity contribution in [3.05, 3.63) is 52.4 Å². The molecule has 1 unspecified atom stereocenters. The van der Waals surface area contributed by atoms with Crippen LogP contribution in [0.5, 0.6) is 0 Å². The van der Waals surface area contributed by atoms with Crippen molar-refractivity contribution in [1.29, 1.82) is 0 Å². The first-order valence-corrected chi connectivity index (χ1v) is 9.90. The molecule has 1 aromatic carbocycles. The van der Waals surface area contributed by atoms with Gasteiger partial charge in [0.05, 0.1) is 27.9 Å². The highest BCUT2D eigenvalue weighted by Crippen LogP contribution is 2.29. The van der Waals surface area contributed by atoms with Gasteiger partial charge in [-0.25, -0.2) is 0 Å². The average Bonchev–Trinajstić information content (AvgIpc) is 3.25. The number of anilines is 1. The predicted octanol–water partition coefficient (Wildman–Crippen LogP) is 4.01. The number of halogens is 2. The number of ether oxygens (including phenoxy) is 1. The molecule has 0 bridgehead atoms. The summed E-state index contributed by atoms with van der Waals surface area (Å²) in [6.45, 7) is 2.32. The number of furan rings is 1. The Balaban J connectivity index is 1.49. The fraction of sp³-hybridized carbons (Fsp3) is 0.350. The second-order valence-electron chi connectivity index (χ2n) is 6.71. The van der Waals surface area contributed by atoms with Crippen LogP contribution in [-0.4, -0.2) is 41.9 Å². The van der Waals surface area contributed by atoms with Crippen molar-refractivity contribution >= 4 is 46.7 Å². The molecule has 154 valence electrons. The lowest BCUT2D eigenvalue weighted by Gasteiger charge is -2.30. The van der Waals surface area contributed by atoms with Crippen LogP contribution in [0.3, 0.4) is 0 Å². The first-order chi connectivity index (χ1) is 13.9. The molecule has 0 spiro atoms. The van der Waals surface area contributed by atoms with Crippen molar-refractivity contribution in [3.63, 3.8) is 0 Å². The van der Waals surface area contributed by atoms with Gasteiger partial charge in [0.1, 0.15) is 0 Å². The Morgan fingerprint density at radius 1 is 1.17 bits per heavy atom. The summed E-state index contributed by atoms with van der Waals surface area (Å²) in [4.78, 5) is 38.6. The number of rotatable bonds is 5. The highest BCUT2D eigenvalue weighted by molar-refractivity contribution is 6.44. The van der Waals surface area contributed by atoms with Crippen LogP contribution in [0.15, 0.2) is 41.0 Å². The van der Waals surface area contributed by atoms with E-state index >= 15 is 0 Å². The van der Waals surface area contributed by atoms with Gasteiger partial charge in [0.15, 0.2) is 11.9 Å². The van der Waals surface area contributed by atoms with Gasteiger partial charge in [-0.05, 0) is 44.0 Å². The topological polar surface area (TPSA) is 88.8 Å². The lowest BCUT2D eigenvalue weighted by atomic mass is 9.97. The maximum Gasteiger partial charge on any atom is 0.309 e. The Bertz CT molecular complexity index is 892. The Labute approximate surface area is 177 Å². The number of carbonyl (C=O) groups excluding carboxylic acids is 3. The maximum absolute atomic E-state index is 12.4. The summed E-state index contributed by atoms with van der Waals surface area (Å²) >= 11 is 12.0. The number of carbonyl (C=O) groups is 3. The minimum atomic E-state index is -1.000. The summed E-state index contributed by atoms with van der Waals surface area (Å²) < 4.78 is 10.4. The number of esters is 1. The monoisotopic (exact) mass is 438 g/mol. The van der Waals surface area contributed by atoms with E-state index < -0.39 is 18.0 Å². The van der Waals surface area contributed by atoms with Crippen molar-refractivity contribution in [2.24, 2.45) is 5.92 Å². The number of nitrogens with zero attached hydrogens (tertiary/aromatic N) is 1. The largest absolute Gasteiger partial charge is 0.459 e. The molecule has 0 radical (unpaired) electrons. The first-order valence-electron chi connectivity index (χ1n) is 9.15. The van der Waals surface area contributed by atoms with Crippen LogP contribution in [0, 0.1) is 5.92 Å². The molecular formula is C20H20Cl2N2O5. The molecule has 1 atom stereocenters. The van der Waals surface area contributed by atoms with Crippen LogP contribution in [0.2, 0.25) is 10.0 Å². The molecule has 1 N–H and O–H groups in total. The van der Waals surface area contributed by atoms with Gasteiger partial charge in [-0.1, -0.05) is 29.3 Å². The molecular weight excluding hydrogens is 419 g/mol. The average molecular weight is 439 g/mol. The second kappa shape index (κ2) is 9.33. The van der Waals surface area contributed by atoms with Crippen molar-refractivity contribution in [2.75, 3.05) is 18.4 Å². The van der Waals surface area contributed by atoms with E-state index in [-0.39, 0.29) is 22.6 Å². The minimum Gasteiger partial charge on any atom is -0.459 e. The Hall–Kier alpha value is -2.51. The lowest BCUT2D eigenvalue weighted by molar-refractivity contribution is -0.158. The molecule has 0 saturated carbocycles. The van der Waals surface area contributed by atoms with Crippen LogP contribution in [-0.2, 0) is 14.3 Å². The van der Waals surface area contributed by atoms with E-state index in [0.717, 1.165) is 0 Å². The van der Waals surface area contributed by atoms with Gasteiger partial charge < -0.3 is 19.4 Å². The number of nitrogens with one attached hydrogen (secondary N) is 1.